The van der Waals surface area contributed by atoms with E-state index >= 15 is 0 Å². The van der Waals surface area contributed by atoms with Gasteiger partial charge in [0, 0.05) is 12.4 Å². The van der Waals surface area contributed by atoms with Gasteiger partial charge in [-0.3, -0.25) is 4.98 Å². The highest BCUT2D eigenvalue weighted by Gasteiger charge is 2.09. The topological polar surface area (TPSA) is 121 Å². The average molecular weight is 323 g/mol. The highest BCUT2D eigenvalue weighted by Crippen LogP contribution is 2.14. The Bertz CT molecular complexity index is 732. The molecule has 0 fully saturated rings. The maximum absolute atomic E-state index is 11.6. The zero-order valence-corrected chi connectivity index (χ0v) is 12.2. The number of carbonyl (C=O) groups is 1. The molecule has 1 heterocycles. The number of nitrogens with zero attached hydrogens (tertiary/aromatic N) is 2. The van der Waals surface area contributed by atoms with Crippen LogP contribution in [0.15, 0.2) is 47.8 Å². The van der Waals surface area contributed by atoms with E-state index in [0.29, 0.717) is 5.75 Å². The molecule has 0 radical (unpaired) electrons. The van der Waals surface area contributed by atoms with Gasteiger partial charge in [0.05, 0.1) is 11.1 Å². The number of rotatable bonds is 6. The second-order valence-corrected chi connectivity index (χ2v) is 5.65. The third-order valence-corrected chi connectivity index (χ3v) is 3.44. The van der Waals surface area contributed by atoms with Crippen molar-refractivity contribution in [1.82, 2.24) is 9.97 Å². The lowest BCUT2D eigenvalue weighted by atomic mass is 10.3. The van der Waals surface area contributed by atoms with Crippen LogP contribution in [-0.2, 0) is 14.8 Å². The highest BCUT2D eigenvalue weighted by atomic mass is 32.2. The average Bonchev–Trinajstić information content (AvgIpc) is 2.52. The molecule has 8 nitrogen and oxygen atoms in total. The second-order valence-electron chi connectivity index (χ2n) is 4.09. The first-order valence-electron chi connectivity index (χ1n) is 6.15. The van der Waals surface area contributed by atoms with E-state index in [1.807, 2.05) is 0 Å². The minimum absolute atomic E-state index is 0.00562. The lowest BCUT2D eigenvalue weighted by Crippen LogP contribution is -2.14. The Labute approximate surface area is 127 Å². The van der Waals surface area contributed by atoms with Gasteiger partial charge in [0.1, 0.15) is 19.0 Å². The molecule has 22 heavy (non-hydrogen) atoms. The quantitative estimate of drug-likeness (QED) is 0.601. The number of ether oxygens (including phenoxy) is 2. The minimum atomic E-state index is -3.72. The van der Waals surface area contributed by atoms with Crippen molar-refractivity contribution in [3.63, 3.8) is 0 Å². The summed E-state index contributed by atoms with van der Waals surface area (Å²) in [4.78, 5) is 19.1. The zero-order chi connectivity index (χ0) is 16.0. The molecule has 0 unspecified atom stereocenters. The molecule has 0 saturated carbocycles. The summed E-state index contributed by atoms with van der Waals surface area (Å²) in [7, 11) is -3.72. The van der Waals surface area contributed by atoms with Crippen LogP contribution in [-0.4, -0.2) is 37.6 Å². The van der Waals surface area contributed by atoms with Gasteiger partial charge in [-0.05, 0) is 24.3 Å². The molecule has 9 heteroatoms. The molecule has 0 amide bonds. The van der Waals surface area contributed by atoms with Gasteiger partial charge in [-0.25, -0.2) is 23.3 Å². The molecular weight excluding hydrogens is 310 g/mol. The fraction of sp³-hybridized carbons (Fsp3) is 0.154. The van der Waals surface area contributed by atoms with Crippen LogP contribution in [0.3, 0.4) is 0 Å². The van der Waals surface area contributed by atoms with E-state index in [-0.39, 0.29) is 23.8 Å². The number of esters is 1. The summed E-state index contributed by atoms with van der Waals surface area (Å²) in [6, 6.07) is 5.58. The molecule has 0 spiro atoms. The first-order valence-corrected chi connectivity index (χ1v) is 7.70. The van der Waals surface area contributed by atoms with Gasteiger partial charge in [0.15, 0.2) is 5.69 Å². The number of hydrogen-bond acceptors (Lipinski definition) is 7. The van der Waals surface area contributed by atoms with Crippen molar-refractivity contribution in [1.29, 1.82) is 0 Å². The Morgan fingerprint density at radius 2 is 1.86 bits per heavy atom. The van der Waals surface area contributed by atoms with Crippen LogP contribution in [0, 0.1) is 0 Å². The van der Waals surface area contributed by atoms with Gasteiger partial charge >= 0.3 is 5.97 Å². The molecule has 2 N–H and O–H groups in total. The summed E-state index contributed by atoms with van der Waals surface area (Å²) in [6.07, 6.45) is 4.14. The van der Waals surface area contributed by atoms with Crippen LogP contribution in [0.25, 0.3) is 0 Å². The number of carbonyl (C=O) groups excluding carboxylic acids is 1. The molecule has 2 aromatic rings. The lowest BCUT2D eigenvalue weighted by Gasteiger charge is -2.07. The lowest BCUT2D eigenvalue weighted by molar-refractivity contribution is 0.0443. The smallest absolute Gasteiger partial charge is 0.358 e. The Kier molecular flexibility index (Phi) is 5.02. The van der Waals surface area contributed by atoms with Crippen LogP contribution in [0.5, 0.6) is 5.75 Å². The van der Waals surface area contributed by atoms with Gasteiger partial charge in [0.2, 0.25) is 10.0 Å². The van der Waals surface area contributed by atoms with Crippen molar-refractivity contribution < 1.29 is 22.7 Å². The molecule has 0 saturated heterocycles. The van der Waals surface area contributed by atoms with Crippen molar-refractivity contribution in [2.75, 3.05) is 13.2 Å². The van der Waals surface area contributed by atoms with Crippen molar-refractivity contribution in [3.05, 3.63) is 48.5 Å². The first-order chi connectivity index (χ1) is 10.5. The fourth-order valence-corrected chi connectivity index (χ4v) is 2.01. The number of aromatic nitrogens is 2. The van der Waals surface area contributed by atoms with Gasteiger partial charge in [0.25, 0.3) is 0 Å². The monoisotopic (exact) mass is 323 g/mol. The Hall–Kier alpha value is -2.52. The van der Waals surface area contributed by atoms with Crippen LogP contribution in [0.1, 0.15) is 10.5 Å². The maximum Gasteiger partial charge on any atom is 0.358 e. The van der Waals surface area contributed by atoms with Crippen molar-refractivity contribution in [2.45, 2.75) is 4.90 Å². The van der Waals surface area contributed by atoms with Crippen LogP contribution in [0.4, 0.5) is 0 Å². The standard InChI is InChI=1S/C13H13N3O5S/c14-22(18,19)11-3-1-10(2-4-11)20-7-8-21-13(17)12-9-15-5-6-16-12/h1-6,9H,7-8H2,(H2,14,18,19). The van der Waals surface area contributed by atoms with E-state index in [4.69, 9.17) is 14.6 Å². The van der Waals surface area contributed by atoms with Crippen LogP contribution < -0.4 is 9.88 Å². The largest absolute Gasteiger partial charge is 0.490 e. The van der Waals surface area contributed by atoms with Crippen molar-refractivity contribution in [3.8, 4) is 5.75 Å². The predicted molar refractivity (Wildman–Crippen MR) is 75.6 cm³/mol. The number of sulfonamides is 1. The first kappa shape index (κ1) is 15.9. The normalized spacial score (nSPS) is 11.0. The minimum Gasteiger partial charge on any atom is -0.490 e. The number of benzene rings is 1. The summed E-state index contributed by atoms with van der Waals surface area (Å²) in [5, 5.41) is 4.98. The van der Waals surface area contributed by atoms with E-state index in [1.165, 1.54) is 42.9 Å². The van der Waals surface area contributed by atoms with Crippen LogP contribution >= 0.6 is 0 Å². The molecular formula is C13H13N3O5S. The molecule has 0 aliphatic heterocycles. The number of hydrogen-bond donors (Lipinski definition) is 1. The fourth-order valence-electron chi connectivity index (χ4n) is 1.50. The van der Waals surface area contributed by atoms with Gasteiger partial charge in [-0.1, -0.05) is 0 Å². The van der Waals surface area contributed by atoms with E-state index < -0.39 is 16.0 Å². The van der Waals surface area contributed by atoms with Gasteiger partial charge in [-0.15, -0.1) is 0 Å². The highest BCUT2D eigenvalue weighted by molar-refractivity contribution is 7.89. The third kappa shape index (κ3) is 4.50. The summed E-state index contributed by atoms with van der Waals surface area (Å²) < 4.78 is 32.4. The van der Waals surface area contributed by atoms with E-state index in [0.717, 1.165) is 0 Å². The third-order valence-electron chi connectivity index (χ3n) is 2.51. The molecule has 0 aliphatic carbocycles. The molecule has 1 aromatic carbocycles. The Morgan fingerprint density at radius 3 is 2.45 bits per heavy atom. The summed E-state index contributed by atoms with van der Waals surface area (Å²) in [5.41, 5.74) is 0.111. The van der Waals surface area contributed by atoms with E-state index in [2.05, 4.69) is 9.97 Å². The predicted octanol–water partition coefficient (Wildman–Crippen LogP) is 0.360. The summed E-state index contributed by atoms with van der Waals surface area (Å²) >= 11 is 0. The summed E-state index contributed by atoms with van der Waals surface area (Å²) in [6.45, 7) is 0.132. The van der Waals surface area contributed by atoms with Crippen LogP contribution in [0.2, 0.25) is 0 Å². The Morgan fingerprint density at radius 1 is 1.14 bits per heavy atom. The number of primary sulfonamides is 1. The molecule has 2 rings (SSSR count). The van der Waals surface area contributed by atoms with E-state index in [1.54, 1.807) is 0 Å². The van der Waals surface area contributed by atoms with Crippen molar-refractivity contribution in [2.24, 2.45) is 5.14 Å². The van der Waals surface area contributed by atoms with E-state index in [9.17, 15) is 13.2 Å². The molecule has 0 atom stereocenters. The molecule has 116 valence electrons. The SMILES string of the molecule is NS(=O)(=O)c1ccc(OCCOC(=O)c2cnccn2)cc1. The van der Waals surface area contributed by atoms with Crippen molar-refractivity contribution >= 4 is 16.0 Å². The zero-order valence-electron chi connectivity index (χ0n) is 11.4. The molecule has 0 bridgehead atoms. The van der Waals surface area contributed by atoms with Gasteiger partial charge in [-0.2, -0.15) is 0 Å². The maximum atomic E-state index is 11.6. The summed E-state index contributed by atoms with van der Waals surface area (Å²) in [5.74, 6) is -0.163. The second kappa shape index (κ2) is 6.96. The molecule has 0 aliphatic rings. The molecule has 1 aromatic heterocycles. The van der Waals surface area contributed by atoms with Gasteiger partial charge < -0.3 is 9.47 Å². The number of nitrogens with two attached hydrogens (primary N) is 1. The Balaban J connectivity index is 1.78.